The van der Waals surface area contributed by atoms with E-state index in [0.29, 0.717) is 18.6 Å². The second kappa shape index (κ2) is 6.74. The molecule has 0 amide bonds. The molecule has 2 atom stereocenters. The molecule has 0 aromatic heterocycles. The van der Waals surface area contributed by atoms with E-state index in [4.69, 9.17) is 14.2 Å². The Labute approximate surface area is 152 Å². The molecule has 2 aliphatic rings. The van der Waals surface area contributed by atoms with Gasteiger partial charge in [0, 0.05) is 0 Å². The number of carbonyl (C=O) groups excluding carboxylic acids is 3. The molecular weight excluding hydrogens is 336 g/mol. The predicted molar refractivity (Wildman–Crippen MR) is 92.5 cm³/mol. The molecule has 0 bridgehead atoms. The van der Waals surface area contributed by atoms with Crippen molar-refractivity contribution >= 4 is 17.7 Å². The van der Waals surface area contributed by atoms with Crippen molar-refractivity contribution in [1.29, 1.82) is 0 Å². The number of benzene rings is 1. The minimum absolute atomic E-state index is 0.381. The zero-order valence-electron chi connectivity index (χ0n) is 15.4. The van der Waals surface area contributed by atoms with Crippen LogP contribution in [0.25, 0.3) is 0 Å². The predicted octanol–water partition coefficient (Wildman–Crippen LogP) is 2.99. The van der Waals surface area contributed by atoms with Gasteiger partial charge in [-0.1, -0.05) is 31.4 Å². The van der Waals surface area contributed by atoms with Crippen LogP contribution < -0.4 is 4.74 Å². The fourth-order valence-corrected chi connectivity index (χ4v) is 4.27. The maximum Gasteiger partial charge on any atom is 0.331 e. The third-order valence-corrected chi connectivity index (χ3v) is 5.80. The first-order valence-corrected chi connectivity index (χ1v) is 8.88. The number of cyclic esters (lactones) is 1. The van der Waals surface area contributed by atoms with Crippen molar-refractivity contribution in [3.05, 3.63) is 29.8 Å². The summed E-state index contributed by atoms with van der Waals surface area (Å²) in [4.78, 5) is 38.5. The van der Waals surface area contributed by atoms with E-state index in [9.17, 15) is 14.4 Å². The molecule has 140 valence electrons. The number of rotatable bonds is 3. The molecule has 1 aromatic carbocycles. The minimum atomic E-state index is -1.91. The molecule has 1 aromatic rings. The van der Waals surface area contributed by atoms with Gasteiger partial charge in [-0.25, -0.2) is 0 Å². The summed E-state index contributed by atoms with van der Waals surface area (Å²) in [6, 6.07) is 7.17. The highest BCUT2D eigenvalue weighted by Crippen LogP contribution is 2.55. The molecule has 6 nitrogen and oxygen atoms in total. The van der Waals surface area contributed by atoms with Crippen molar-refractivity contribution in [2.75, 3.05) is 14.2 Å². The highest BCUT2D eigenvalue weighted by atomic mass is 16.6. The Balaban J connectivity index is 2.08. The zero-order chi connectivity index (χ0) is 18.9. The average molecular weight is 360 g/mol. The number of esters is 2. The molecule has 6 heteroatoms. The molecule has 1 heterocycles. The third-order valence-electron chi connectivity index (χ3n) is 5.80. The van der Waals surface area contributed by atoms with Gasteiger partial charge in [-0.2, -0.15) is 0 Å². The zero-order valence-corrected chi connectivity index (χ0v) is 15.4. The summed E-state index contributed by atoms with van der Waals surface area (Å²) in [7, 11) is 2.75. The summed E-state index contributed by atoms with van der Waals surface area (Å²) < 4.78 is 15.7. The second-order valence-corrected chi connectivity index (χ2v) is 7.22. The molecule has 3 rings (SSSR count). The first-order chi connectivity index (χ1) is 12.4. The molecule has 1 aliphatic carbocycles. The molecule has 2 unspecified atom stereocenters. The van der Waals surface area contributed by atoms with Crippen LogP contribution >= 0.6 is 0 Å². The first kappa shape index (κ1) is 18.4. The summed E-state index contributed by atoms with van der Waals surface area (Å²) >= 11 is 0. The fourth-order valence-electron chi connectivity index (χ4n) is 4.27. The van der Waals surface area contributed by atoms with Crippen LogP contribution in [0.2, 0.25) is 0 Å². The quantitative estimate of drug-likeness (QED) is 0.609. The van der Waals surface area contributed by atoms with E-state index in [-0.39, 0.29) is 5.78 Å². The van der Waals surface area contributed by atoms with E-state index < -0.39 is 28.9 Å². The maximum atomic E-state index is 13.5. The first-order valence-electron chi connectivity index (χ1n) is 8.88. The van der Waals surface area contributed by atoms with Crippen LogP contribution in [0, 0.1) is 10.8 Å². The number of carbonyl (C=O) groups is 3. The van der Waals surface area contributed by atoms with Gasteiger partial charge in [-0.05, 0) is 37.5 Å². The average Bonchev–Trinajstić information content (AvgIpc) is 2.69. The van der Waals surface area contributed by atoms with E-state index in [0.717, 1.165) is 24.8 Å². The van der Waals surface area contributed by atoms with Gasteiger partial charge < -0.3 is 14.2 Å². The van der Waals surface area contributed by atoms with Crippen LogP contribution in [0.15, 0.2) is 24.3 Å². The van der Waals surface area contributed by atoms with Crippen LogP contribution in [0.4, 0.5) is 0 Å². The maximum absolute atomic E-state index is 13.5. The van der Waals surface area contributed by atoms with Gasteiger partial charge in [0.1, 0.15) is 11.9 Å². The van der Waals surface area contributed by atoms with Gasteiger partial charge in [0.25, 0.3) is 0 Å². The van der Waals surface area contributed by atoms with Crippen molar-refractivity contribution in [2.24, 2.45) is 10.8 Å². The van der Waals surface area contributed by atoms with E-state index in [2.05, 4.69) is 0 Å². The lowest BCUT2D eigenvalue weighted by Crippen LogP contribution is -2.60. The lowest BCUT2D eigenvalue weighted by atomic mass is 9.58. The second-order valence-electron chi connectivity index (χ2n) is 7.22. The Hall–Kier alpha value is -2.37. The Morgan fingerprint density at radius 3 is 2.23 bits per heavy atom. The standard InChI is InChI=1S/C20H24O6/c1-19(17(22)25-3)16(21)20(11-5-4-6-12-20)15(26-18(19)23)13-7-9-14(24-2)10-8-13/h7-10,15H,4-6,11-12H2,1-3H3. The lowest BCUT2D eigenvalue weighted by molar-refractivity contribution is -0.199. The number of Topliss-reactive ketones (excluding diaryl/α,β-unsaturated/α-hetero) is 1. The van der Waals surface area contributed by atoms with Gasteiger partial charge in [0.05, 0.1) is 19.6 Å². The van der Waals surface area contributed by atoms with Crippen LogP contribution in [0.1, 0.15) is 50.7 Å². The third kappa shape index (κ3) is 2.59. The number of ether oxygens (including phenoxy) is 3. The Bertz CT molecular complexity index is 716. The molecule has 26 heavy (non-hydrogen) atoms. The Kier molecular flexibility index (Phi) is 4.78. The number of hydrogen-bond donors (Lipinski definition) is 0. The van der Waals surface area contributed by atoms with Crippen LogP contribution in [0.5, 0.6) is 5.75 Å². The molecular formula is C20H24O6. The Morgan fingerprint density at radius 2 is 1.69 bits per heavy atom. The molecule has 2 fully saturated rings. The van der Waals surface area contributed by atoms with Gasteiger partial charge in [0.2, 0.25) is 5.41 Å². The molecule has 1 aliphatic heterocycles. The van der Waals surface area contributed by atoms with Crippen LogP contribution in [0.3, 0.4) is 0 Å². The van der Waals surface area contributed by atoms with Crippen molar-refractivity contribution < 1.29 is 28.6 Å². The van der Waals surface area contributed by atoms with Crippen LogP contribution in [-0.2, 0) is 23.9 Å². The normalized spacial score (nSPS) is 27.7. The fraction of sp³-hybridized carbons (Fsp3) is 0.550. The van der Waals surface area contributed by atoms with Crippen molar-refractivity contribution in [3.63, 3.8) is 0 Å². The smallest absolute Gasteiger partial charge is 0.331 e. The van der Waals surface area contributed by atoms with Crippen molar-refractivity contribution in [2.45, 2.75) is 45.1 Å². The highest BCUT2D eigenvalue weighted by molar-refractivity contribution is 6.22. The van der Waals surface area contributed by atoms with Gasteiger partial charge in [-0.3, -0.25) is 14.4 Å². The summed E-state index contributed by atoms with van der Waals surface area (Å²) in [5.41, 5.74) is -2.07. The number of ketones is 1. The van der Waals surface area contributed by atoms with Crippen molar-refractivity contribution in [1.82, 2.24) is 0 Å². The monoisotopic (exact) mass is 360 g/mol. The lowest BCUT2D eigenvalue weighted by Gasteiger charge is -2.48. The van der Waals surface area contributed by atoms with E-state index in [1.54, 1.807) is 31.4 Å². The highest BCUT2D eigenvalue weighted by Gasteiger charge is 2.66. The summed E-state index contributed by atoms with van der Waals surface area (Å²) in [6.07, 6.45) is 3.20. The van der Waals surface area contributed by atoms with Crippen molar-refractivity contribution in [3.8, 4) is 5.75 Å². The number of methoxy groups -OCH3 is 2. The summed E-state index contributed by atoms with van der Waals surface area (Å²) in [5.74, 6) is -1.40. The summed E-state index contributed by atoms with van der Waals surface area (Å²) in [5, 5.41) is 0. The van der Waals surface area contributed by atoms with Gasteiger partial charge in [0.15, 0.2) is 5.78 Å². The minimum Gasteiger partial charge on any atom is -0.497 e. The SMILES string of the molecule is COC(=O)C1(C)C(=O)OC(c2ccc(OC)cc2)C2(CCCCC2)C1=O. The largest absolute Gasteiger partial charge is 0.497 e. The molecule has 1 spiro atoms. The Morgan fingerprint density at radius 1 is 1.08 bits per heavy atom. The van der Waals surface area contributed by atoms with Gasteiger partial charge in [-0.15, -0.1) is 0 Å². The number of hydrogen-bond acceptors (Lipinski definition) is 6. The van der Waals surface area contributed by atoms with Crippen LogP contribution in [-0.4, -0.2) is 31.9 Å². The molecule has 1 saturated carbocycles. The summed E-state index contributed by atoms with van der Waals surface area (Å²) in [6.45, 7) is 1.32. The molecule has 0 radical (unpaired) electrons. The topological polar surface area (TPSA) is 78.9 Å². The van der Waals surface area contributed by atoms with E-state index in [1.807, 2.05) is 0 Å². The van der Waals surface area contributed by atoms with E-state index >= 15 is 0 Å². The van der Waals surface area contributed by atoms with Gasteiger partial charge >= 0.3 is 11.9 Å². The van der Waals surface area contributed by atoms with E-state index in [1.165, 1.54) is 14.0 Å². The molecule has 1 saturated heterocycles. The molecule has 0 N–H and O–H groups in total.